The summed E-state index contributed by atoms with van der Waals surface area (Å²) in [5.74, 6) is -0.486. The summed E-state index contributed by atoms with van der Waals surface area (Å²) in [7, 11) is -3.74. The molecule has 19 heavy (non-hydrogen) atoms. The Hall–Kier alpha value is -1.54. The summed E-state index contributed by atoms with van der Waals surface area (Å²) in [6.45, 7) is 2.00. The lowest BCUT2D eigenvalue weighted by Crippen LogP contribution is -2.12. The number of benzene rings is 1. The predicted molar refractivity (Wildman–Crippen MR) is 71.1 cm³/mol. The van der Waals surface area contributed by atoms with Gasteiger partial charge in [0.05, 0.1) is 4.90 Å². The van der Waals surface area contributed by atoms with Gasteiger partial charge in [-0.15, -0.1) is 10.2 Å². The topological polar surface area (TPSA) is 72.0 Å². The Morgan fingerprint density at radius 2 is 1.95 bits per heavy atom. The van der Waals surface area contributed by atoms with Crippen molar-refractivity contribution in [1.82, 2.24) is 10.2 Å². The minimum absolute atomic E-state index is 0.0128. The van der Waals surface area contributed by atoms with Crippen LogP contribution in [0.1, 0.15) is 18.4 Å². The first-order valence-corrected chi connectivity index (χ1v) is 7.92. The second-order valence-corrected chi connectivity index (χ2v) is 6.55. The van der Waals surface area contributed by atoms with E-state index in [0.29, 0.717) is 0 Å². The average molecular weight is 301 g/mol. The smallest absolute Gasteiger partial charge is 0.253 e. The monoisotopic (exact) mass is 301 g/mol. The quantitative estimate of drug-likeness (QED) is 0.920. The standard InChI is InChI=1S/C11H12FN3O2S2/c1-2-3-10-13-14-11(18-10)15-19(16,17)9-6-4-8(12)5-7-9/h4-7H,2-3H2,1H3,(H,14,15). The predicted octanol–water partition coefficient (Wildman–Crippen LogP) is 2.43. The summed E-state index contributed by atoms with van der Waals surface area (Å²) in [4.78, 5) is -0.0128. The van der Waals surface area contributed by atoms with Gasteiger partial charge < -0.3 is 0 Å². The molecule has 1 aromatic heterocycles. The number of anilines is 1. The maximum Gasteiger partial charge on any atom is 0.263 e. The van der Waals surface area contributed by atoms with Crippen LogP contribution in [0.15, 0.2) is 29.2 Å². The zero-order valence-corrected chi connectivity index (χ0v) is 11.8. The summed E-state index contributed by atoms with van der Waals surface area (Å²) < 4.78 is 39.1. The van der Waals surface area contributed by atoms with E-state index in [4.69, 9.17) is 0 Å². The molecule has 0 aliphatic heterocycles. The third kappa shape index (κ3) is 3.48. The van der Waals surface area contributed by atoms with E-state index in [1.807, 2.05) is 6.92 Å². The molecule has 0 amide bonds. The van der Waals surface area contributed by atoms with Crippen molar-refractivity contribution in [2.75, 3.05) is 4.72 Å². The fourth-order valence-electron chi connectivity index (χ4n) is 1.40. The number of aryl methyl sites for hydroxylation is 1. The lowest BCUT2D eigenvalue weighted by Gasteiger charge is -2.03. The molecular weight excluding hydrogens is 289 g/mol. The highest BCUT2D eigenvalue weighted by atomic mass is 32.2. The number of nitrogens with one attached hydrogen (secondary N) is 1. The fourth-order valence-corrected chi connectivity index (χ4v) is 3.47. The molecule has 0 aliphatic rings. The molecule has 0 unspecified atom stereocenters. The van der Waals surface area contributed by atoms with Gasteiger partial charge in [0.1, 0.15) is 10.8 Å². The Bertz CT molecular complexity index is 653. The van der Waals surface area contributed by atoms with Crippen molar-refractivity contribution >= 4 is 26.5 Å². The SMILES string of the molecule is CCCc1nnc(NS(=O)(=O)c2ccc(F)cc2)s1. The maximum atomic E-state index is 12.8. The van der Waals surface area contributed by atoms with Crippen molar-refractivity contribution < 1.29 is 12.8 Å². The molecule has 0 fully saturated rings. The van der Waals surface area contributed by atoms with Crippen LogP contribution in [0.4, 0.5) is 9.52 Å². The first-order chi connectivity index (χ1) is 9.01. The summed E-state index contributed by atoms with van der Waals surface area (Å²) in [6.07, 6.45) is 1.68. The van der Waals surface area contributed by atoms with E-state index in [2.05, 4.69) is 14.9 Å². The molecule has 0 aliphatic carbocycles. The van der Waals surface area contributed by atoms with Crippen LogP contribution in [0.2, 0.25) is 0 Å². The second-order valence-electron chi connectivity index (χ2n) is 3.81. The molecule has 1 heterocycles. The molecule has 0 saturated heterocycles. The van der Waals surface area contributed by atoms with Crippen LogP contribution >= 0.6 is 11.3 Å². The highest BCUT2D eigenvalue weighted by Gasteiger charge is 2.16. The van der Waals surface area contributed by atoms with Crippen LogP contribution in [-0.4, -0.2) is 18.6 Å². The molecule has 2 rings (SSSR count). The van der Waals surface area contributed by atoms with Gasteiger partial charge in [-0.05, 0) is 30.7 Å². The Labute approximate surface area is 114 Å². The Balaban J connectivity index is 2.18. The first-order valence-electron chi connectivity index (χ1n) is 5.62. The third-order valence-electron chi connectivity index (χ3n) is 2.28. The van der Waals surface area contributed by atoms with Crippen LogP contribution in [0.25, 0.3) is 0 Å². The molecule has 0 atom stereocenters. The van der Waals surface area contributed by atoms with Gasteiger partial charge in [-0.3, -0.25) is 4.72 Å². The number of hydrogen-bond donors (Lipinski definition) is 1. The first kappa shape index (κ1) is 13.9. The molecule has 102 valence electrons. The van der Waals surface area contributed by atoms with Crippen molar-refractivity contribution in [2.45, 2.75) is 24.7 Å². The van der Waals surface area contributed by atoms with Gasteiger partial charge in [0.25, 0.3) is 10.0 Å². The molecule has 2 aromatic rings. The maximum absolute atomic E-state index is 12.8. The van der Waals surface area contributed by atoms with Crippen LogP contribution in [0, 0.1) is 5.82 Å². The van der Waals surface area contributed by atoms with Crippen molar-refractivity contribution in [3.05, 3.63) is 35.1 Å². The number of rotatable bonds is 5. The van der Waals surface area contributed by atoms with Gasteiger partial charge in [0.15, 0.2) is 0 Å². The van der Waals surface area contributed by atoms with Gasteiger partial charge in [-0.1, -0.05) is 18.3 Å². The van der Waals surface area contributed by atoms with Gasteiger partial charge in [-0.25, -0.2) is 12.8 Å². The molecule has 0 radical (unpaired) electrons. The zero-order chi connectivity index (χ0) is 13.9. The molecule has 8 heteroatoms. The van der Waals surface area contributed by atoms with Crippen LogP contribution < -0.4 is 4.72 Å². The zero-order valence-electron chi connectivity index (χ0n) is 10.1. The molecular formula is C11H12FN3O2S2. The van der Waals surface area contributed by atoms with Gasteiger partial charge >= 0.3 is 0 Å². The summed E-state index contributed by atoms with van der Waals surface area (Å²) in [5.41, 5.74) is 0. The summed E-state index contributed by atoms with van der Waals surface area (Å²) >= 11 is 1.20. The minimum atomic E-state index is -3.74. The van der Waals surface area contributed by atoms with Crippen LogP contribution in [-0.2, 0) is 16.4 Å². The molecule has 1 N–H and O–H groups in total. The van der Waals surface area contributed by atoms with E-state index >= 15 is 0 Å². The highest BCUT2D eigenvalue weighted by Crippen LogP contribution is 2.20. The number of halogens is 1. The van der Waals surface area contributed by atoms with E-state index < -0.39 is 15.8 Å². The van der Waals surface area contributed by atoms with Crippen molar-refractivity contribution in [2.24, 2.45) is 0 Å². The number of nitrogens with zero attached hydrogens (tertiary/aromatic N) is 2. The highest BCUT2D eigenvalue weighted by molar-refractivity contribution is 7.93. The normalized spacial score (nSPS) is 11.5. The Morgan fingerprint density at radius 1 is 1.26 bits per heavy atom. The molecule has 5 nitrogen and oxygen atoms in total. The second kappa shape index (κ2) is 5.62. The number of hydrogen-bond acceptors (Lipinski definition) is 5. The van der Waals surface area contributed by atoms with Crippen LogP contribution in [0.5, 0.6) is 0 Å². The summed E-state index contributed by atoms with van der Waals surface area (Å²) in [6, 6.07) is 4.59. The fraction of sp³-hybridized carbons (Fsp3) is 0.273. The molecule has 0 spiro atoms. The molecule has 1 aromatic carbocycles. The van der Waals surface area contributed by atoms with Crippen molar-refractivity contribution in [3.63, 3.8) is 0 Å². The molecule has 0 saturated carbocycles. The van der Waals surface area contributed by atoms with Crippen molar-refractivity contribution in [3.8, 4) is 0 Å². The largest absolute Gasteiger partial charge is 0.263 e. The van der Waals surface area contributed by atoms with E-state index in [1.54, 1.807) is 0 Å². The van der Waals surface area contributed by atoms with E-state index in [0.717, 1.165) is 30.0 Å². The lowest BCUT2D eigenvalue weighted by molar-refractivity contribution is 0.599. The minimum Gasteiger partial charge on any atom is -0.253 e. The van der Waals surface area contributed by atoms with E-state index in [1.165, 1.54) is 23.5 Å². The Kier molecular flexibility index (Phi) is 4.11. The molecule has 0 bridgehead atoms. The Morgan fingerprint density at radius 3 is 2.58 bits per heavy atom. The van der Waals surface area contributed by atoms with Gasteiger partial charge in [-0.2, -0.15) is 0 Å². The van der Waals surface area contributed by atoms with Crippen LogP contribution in [0.3, 0.4) is 0 Å². The average Bonchev–Trinajstić information content (AvgIpc) is 2.77. The van der Waals surface area contributed by atoms with Gasteiger partial charge in [0.2, 0.25) is 5.13 Å². The van der Waals surface area contributed by atoms with E-state index in [-0.39, 0.29) is 10.0 Å². The lowest BCUT2D eigenvalue weighted by atomic mass is 10.4. The third-order valence-corrected chi connectivity index (χ3v) is 4.66. The summed E-state index contributed by atoms with van der Waals surface area (Å²) in [5, 5.41) is 8.64. The van der Waals surface area contributed by atoms with E-state index in [9.17, 15) is 12.8 Å². The number of sulfonamides is 1. The number of aromatic nitrogens is 2. The van der Waals surface area contributed by atoms with Crippen molar-refractivity contribution in [1.29, 1.82) is 0 Å². The van der Waals surface area contributed by atoms with Gasteiger partial charge in [0, 0.05) is 6.42 Å².